The third-order valence-electron chi connectivity index (χ3n) is 5.48. The third kappa shape index (κ3) is 4.94. The number of nitrogens with zero attached hydrogens (tertiary/aromatic N) is 2. The lowest BCUT2D eigenvalue weighted by Crippen LogP contribution is -2.32. The Morgan fingerprint density at radius 3 is 2.66 bits per heavy atom. The van der Waals surface area contributed by atoms with Crippen molar-refractivity contribution in [1.82, 2.24) is 10.3 Å². The van der Waals surface area contributed by atoms with E-state index in [-0.39, 0.29) is 30.5 Å². The average Bonchev–Trinajstić information content (AvgIpc) is 3.21. The second-order valence-electron chi connectivity index (χ2n) is 7.70. The summed E-state index contributed by atoms with van der Waals surface area (Å²) in [7, 11) is 0. The van der Waals surface area contributed by atoms with Crippen LogP contribution in [-0.4, -0.2) is 23.3 Å². The fourth-order valence-corrected chi connectivity index (χ4v) is 3.65. The van der Waals surface area contributed by atoms with Crippen LogP contribution in [0.25, 0.3) is 0 Å². The molecule has 0 aliphatic carbocycles. The van der Waals surface area contributed by atoms with Gasteiger partial charge in [-0.15, -0.1) is 0 Å². The number of carbonyl (C=O) groups excluding carboxylic acids is 2. The van der Waals surface area contributed by atoms with E-state index in [2.05, 4.69) is 17.2 Å². The number of aryl methyl sites for hydroxylation is 1. The highest BCUT2D eigenvalue weighted by molar-refractivity contribution is 6.00. The van der Waals surface area contributed by atoms with E-state index >= 15 is 0 Å². The third-order valence-corrected chi connectivity index (χ3v) is 5.48. The Morgan fingerprint density at radius 1 is 1.19 bits per heavy atom. The maximum atomic E-state index is 14.4. The summed E-state index contributed by atoms with van der Waals surface area (Å²) in [5.41, 5.74) is 2.60. The van der Waals surface area contributed by atoms with Crippen LogP contribution in [0.3, 0.4) is 0 Å². The zero-order valence-corrected chi connectivity index (χ0v) is 17.8. The fraction of sp³-hybridized carbons (Fsp3) is 0.240. The van der Waals surface area contributed by atoms with Crippen molar-refractivity contribution in [2.45, 2.75) is 26.3 Å². The molecule has 1 unspecified atom stereocenters. The molecular formula is C25H24FN3O3. The molecule has 0 saturated carbocycles. The first-order valence-electron chi connectivity index (χ1n) is 10.6. The van der Waals surface area contributed by atoms with E-state index in [1.807, 2.05) is 24.3 Å². The lowest BCUT2D eigenvalue weighted by atomic mass is 10.1. The van der Waals surface area contributed by atoms with Crippen molar-refractivity contribution in [3.63, 3.8) is 0 Å². The van der Waals surface area contributed by atoms with Crippen LogP contribution in [0.15, 0.2) is 67.0 Å². The van der Waals surface area contributed by atoms with Gasteiger partial charge in [0.25, 0.3) is 0 Å². The molecule has 4 rings (SSSR count). The molecule has 2 aromatic carbocycles. The topological polar surface area (TPSA) is 71.5 Å². The Hall–Kier alpha value is -3.74. The van der Waals surface area contributed by atoms with Gasteiger partial charge in [0.2, 0.25) is 11.8 Å². The first-order valence-corrected chi connectivity index (χ1v) is 10.6. The Kier molecular flexibility index (Phi) is 6.44. The van der Waals surface area contributed by atoms with Crippen LogP contribution in [-0.2, 0) is 22.6 Å². The van der Waals surface area contributed by atoms with E-state index in [4.69, 9.17) is 4.74 Å². The van der Waals surface area contributed by atoms with Gasteiger partial charge in [-0.05, 0) is 53.9 Å². The van der Waals surface area contributed by atoms with Crippen LogP contribution in [0.5, 0.6) is 11.5 Å². The molecule has 1 aliphatic heterocycles. The smallest absolute Gasteiger partial charge is 0.227 e. The number of rotatable bonds is 7. The maximum Gasteiger partial charge on any atom is 0.227 e. The van der Waals surface area contributed by atoms with Gasteiger partial charge in [-0.25, -0.2) is 4.39 Å². The highest BCUT2D eigenvalue weighted by Gasteiger charge is 2.35. The molecule has 0 radical (unpaired) electrons. The van der Waals surface area contributed by atoms with E-state index in [9.17, 15) is 14.0 Å². The van der Waals surface area contributed by atoms with E-state index in [1.165, 1.54) is 23.9 Å². The molecule has 0 bridgehead atoms. The van der Waals surface area contributed by atoms with Gasteiger partial charge >= 0.3 is 0 Å². The summed E-state index contributed by atoms with van der Waals surface area (Å²) in [4.78, 5) is 30.6. The first-order chi connectivity index (χ1) is 15.5. The summed E-state index contributed by atoms with van der Waals surface area (Å²) in [5.74, 6) is -0.740. The number of hydrogen-bond acceptors (Lipinski definition) is 4. The second-order valence-corrected chi connectivity index (χ2v) is 7.70. The van der Waals surface area contributed by atoms with E-state index in [1.54, 1.807) is 29.3 Å². The molecule has 0 spiro atoms. The summed E-state index contributed by atoms with van der Waals surface area (Å²) in [5, 5.41) is 2.81. The number of aromatic nitrogens is 1. The minimum Gasteiger partial charge on any atom is -0.453 e. The Balaban J connectivity index is 1.33. The number of amides is 2. The lowest BCUT2D eigenvalue weighted by molar-refractivity contribution is -0.126. The number of benzene rings is 2. The normalized spacial score (nSPS) is 15.6. The maximum absolute atomic E-state index is 14.4. The van der Waals surface area contributed by atoms with Gasteiger partial charge in [0, 0.05) is 31.4 Å². The number of anilines is 1. The molecule has 1 N–H and O–H groups in total. The van der Waals surface area contributed by atoms with Crippen LogP contribution in [0.1, 0.15) is 24.5 Å². The number of pyridine rings is 1. The van der Waals surface area contributed by atoms with Crippen LogP contribution in [0.4, 0.5) is 10.1 Å². The first kappa shape index (κ1) is 21.5. The molecule has 1 atom stereocenters. The van der Waals surface area contributed by atoms with Crippen LogP contribution < -0.4 is 15.0 Å². The van der Waals surface area contributed by atoms with Crippen molar-refractivity contribution in [2.75, 3.05) is 11.4 Å². The summed E-state index contributed by atoms with van der Waals surface area (Å²) in [6, 6.07) is 15.7. The van der Waals surface area contributed by atoms with Crippen molar-refractivity contribution < 1.29 is 18.7 Å². The molecular weight excluding hydrogens is 409 g/mol. The molecule has 164 valence electrons. The SMILES string of the molecule is CCc1ccc(N2CC(C(=O)NCc3ccc(Oc4cccnc4)c(F)c3)CC2=O)cc1. The van der Waals surface area contributed by atoms with Gasteiger partial charge in [-0.3, -0.25) is 14.6 Å². The van der Waals surface area contributed by atoms with Crippen molar-refractivity contribution in [2.24, 2.45) is 5.92 Å². The van der Waals surface area contributed by atoms with Crippen molar-refractivity contribution in [1.29, 1.82) is 0 Å². The van der Waals surface area contributed by atoms with Gasteiger partial charge in [0.15, 0.2) is 11.6 Å². The summed E-state index contributed by atoms with van der Waals surface area (Å²) < 4.78 is 19.9. The number of ether oxygens (including phenoxy) is 1. The molecule has 7 heteroatoms. The minimum atomic E-state index is -0.529. The number of hydrogen-bond donors (Lipinski definition) is 1. The zero-order chi connectivity index (χ0) is 22.5. The summed E-state index contributed by atoms with van der Waals surface area (Å²) in [6.07, 6.45) is 4.19. The number of halogens is 1. The molecule has 1 aliphatic rings. The van der Waals surface area contributed by atoms with Gasteiger partial charge in [-0.2, -0.15) is 0 Å². The van der Waals surface area contributed by atoms with E-state index in [0.717, 1.165) is 12.1 Å². The second kappa shape index (κ2) is 9.60. The zero-order valence-electron chi connectivity index (χ0n) is 17.8. The van der Waals surface area contributed by atoms with Crippen LogP contribution >= 0.6 is 0 Å². The quantitative estimate of drug-likeness (QED) is 0.605. The van der Waals surface area contributed by atoms with Crippen LogP contribution in [0, 0.1) is 11.7 Å². The average molecular weight is 433 g/mol. The summed E-state index contributed by atoms with van der Waals surface area (Å²) >= 11 is 0. The molecule has 1 fully saturated rings. The molecule has 3 aromatic rings. The van der Waals surface area contributed by atoms with Gasteiger partial charge in [-0.1, -0.05) is 25.1 Å². The standard InChI is InChI=1S/C25H24FN3O3/c1-2-17-5-8-20(9-6-17)29-16-19(13-24(29)30)25(31)28-14-18-7-10-23(22(26)12-18)32-21-4-3-11-27-15-21/h3-12,15,19H,2,13-14,16H2,1H3,(H,28,31). The van der Waals surface area contributed by atoms with E-state index in [0.29, 0.717) is 17.9 Å². The predicted octanol–water partition coefficient (Wildman–Crippen LogP) is 4.24. The molecule has 1 saturated heterocycles. The molecule has 6 nitrogen and oxygen atoms in total. The molecule has 1 aromatic heterocycles. The largest absolute Gasteiger partial charge is 0.453 e. The van der Waals surface area contributed by atoms with Gasteiger partial charge in [0.05, 0.1) is 12.1 Å². The number of carbonyl (C=O) groups is 2. The molecule has 32 heavy (non-hydrogen) atoms. The summed E-state index contributed by atoms with van der Waals surface area (Å²) in [6.45, 7) is 2.57. The monoisotopic (exact) mass is 433 g/mol. The van der Waals surface area contributed by atoms with Gasteiger partial charge < -0.3 is 15.0 Å². The Labute approximate surface area is 186 Å². The minimum absolute atomic E-state index is 0.0719. The van der Waals surface area contributed by atoms with E-state index < -0.39 is 11.7 Å². The Bertz CT molecular complexity index is 1100. The lowest BCUT2D eigenvalue weighted by Gasteiger charge is -2.17. The fourth-order valence-electron chi connectivity index (χ4n) is 3.65. The van der Waals surface area contributed by atoms with Gasteiger partial charge in [0.1, 0.15) is 5.75 Å². The number of nitrogens with one attached hydrogen (secondary N) is 1. The molecule has 2 heterocycles. The predicted molar refractivity (Wildman–Crippen MR) is 119 cm³/mol. The highest BCUT2D eigenvalue weighted by Crippen LogP contribution is 2.27. The highest BCUT2D eigenvalue weighted by atomic mass is 19.1. The molecule has 2 amide bonds. The Morgan fingerprint density at radius 2 is 1.97 bits per heavy atom. The van der Waals surface area contributed by atoms with Crippen LogP contribution in [0.2, 0.25) is 0 Å². The van der Waals surface area contributed by atoms with Crippen molar-refractivity contribution >= 4 is 17.5 Å². The van der Waals surface area contributed by atoms with Crippen molar-refractivity contribution in [3.05, 3.63) is 83.9 Å². The van der Waals surface area contributed by atoms with Crippen molar-refractivity contribution in [3.8, 4) is 11.5 Å².